The van der Waals surface area contributed by atoms with Crippen molar-refractivity contribution >= 4 is 15.9 Å². The second kappa shape index (κ2) is 5.15. The molecule has 68 valence electrons. The van der Waals surface area contributed by atoms with Crippen molar-refractivity contribution in [2.24, 2.45) is 0 Å². The second-order valence-electron chi connectivity index (χ2n) is 3.78. The molecular formula is C9H20BrN. The Morgan fingerprint density at radius 2 is 2.00 bits per heavy atom. The van der Waals surface area contributed by atoms with E-state index < -0.39 is 0 Å². The summed E-state index contributed by atoms with van der Waals surface area (Å²) in [5.74, 6) is 0. The molecule has 2 heteroatoms. The molecule has 0 amide bonds. The lowest BCUT2D eigenvalue weighted by Gasteiger charge is -2.29. The van der Waals surface area contributed by atoms with Crippen LogP contribution < -0.4 is 5.32 Å². The zero-order valence-electron chi connectivity index (χ0n) is 8.08. The SMILES string of the molecule is CCC(C)NC(C)(C)CCBr. The van der Waals surface area contributed by atoms with Crippen molar-refractivity contribution in [3.05, 3.63) is 0 Å². The molecule has 1 N–H and O–H groups in total. The van der Waals surface area contributed by atoms with Crippen LogP contribution in [0, 0.1) is 0 Å². The van der Waals surface area contributed by atoms with Crippen molar-refractivity contribution in [2.45, 2.75) is 52.1 Å². The highest BCUT2D eigenvalue weighted by Crippen LogP contribution is 2.11. The minimum atomic E-state index is 0.277. The third kappa shape index (κ3) is 5.68. The van der Waals surface area contributed by atoms with Gasteiger partial charge < -0.3 is 5.32 Å². The number of hydrogen-bond donors (Lipinski definition) is 1. The van der Waals surface area contributed by atoms with Crippen LogP contribution >= 0.6 is 15.9 Å². The molecule has 1 atom stereocenters. The Hall–Kier alpha value is 0.440. The average molecular weight is 222 g/mol. The van der Waals surface area contributed by atoms with Crippen LogP contribution in [0.4, 0.5) is 0 Å². The van der Waals surface area contributed by atoms with Crippen LogP contribution in [0.3, 0.4) is 0 Å². The summed E-state index contributed by atoms with van der Waals surface area (Å²) in [6.07, 6.45) is 2.38. The van der Waals surface area contributed by atoms with E-state index in [2.05, 4.69) is 48.9 Å². The first kappa shape index (κ1) is 11.4. The van der Waals surface area contributed by atoms with Gasteiger partial charge in [0, 0.05) is 16.9 Å². The van der Waals surface area contributed by atoms with Crippen molar-refractivity contribution in [1.82, 2.24) is 5.32 Å². The maximum atomic E-state index is 3.58. The van der Waals surface area contributed by atoms with Crippen LogP contribution in [0.5, 0.6) is 0 Å². The fourth-order valence-electron chi connectivity index (χ4n) is 1.08. The first-order valence-electron chi connectivity index (χ1n) is 4.35. The Balaban J connectivity index is 3.70. The molecule has 0 aliphatic rings. The summed E-state index contributed by atoms with van der Waals surface area (Å²) in [6, 6.07) is 0.629. The highest BCUT2D eigenvalue weighted by Gasteiger charge is 2.17. The normalized spacial score (nSPS) is 15.0. The highest BCUT2D eigenvalue weighted by atomic mass is 79.9. The van der Waals surface area contributed by atoms with Crippen LogP contribution in [-0.2, 0) is 0 Å². The van der Waals surface area contributed by atoms with Gasteiger partial charge >= 0.3 is 0 Å². The standard InChI is InChI=1S/C9H20BrN/c1-5-8(2)11-9(3,4)6-7-10/h8,11H,5-7H2,1-4H3. The predicted molar refractivity (Wildman–Crippen MR) is 55.4 cm³/mol. The first-order chi connectivity index (χ1) is 5.02. The molecule has 0 heterocycles. The van der Waals surface area contributed by atoms with Gasteiger partial charge in [0.2, 0.25) is 0 Å². The Kier molecular flexibility index (Phi) is 5.36. The molecule has 1 unspecified atom stereocenters. The maximum Gasteiger partial charge on any atom is 0.0135 e. The van der Waals surface area contributed by atoms with Crippen molar-refractivity contribution in [2.75, 3.05) is 5.33 Å². The number of nitrogens with one attached hydrogen (secondary N) is 1. The molecule has 0 saturated carbocycles. The van der Waals surface area contributed by atoms with E-state index in [0.717, 1.165) is 5.33 Å². The molecule has 0 spiro atoms. The molecule has 0 radical (unpaired) electrons. The number of halogens is 1. The monoisotopic (exact) mass is 221 g/mol. The van der Waals surface area contributed by atoms with E-state index in [1.165, 1.54) is 12.8 Å². The van der Waals surface area contributed by atoms with E-state index in [0.29, 0.717) is 6.04 Å². The van der Waals surface area contributed by atoms with Gasteiger partial charge in [-0.2, -0.15) is 0 Å². The maximum absolute atomic E-state index is 3.58. The minimum absolute atomic E-state index is 0.277. The molecular weight excluding hydrogens is 202 g/mol. The van der Waals surface area contributed by atoms with Crippen molar-refractivity contribution in [1.29, 1.82) is 0 Å². The molecule has 1 nitrogen and oxygen atoms in total. The fraction of sp³-hybridized carbons (Fsp3) is 1.00. The van der Waals surface area contributed by atoms with E-state index in [4.69, 9.17) is 0 Å². The summed E-state index contributed by atoms with van der Waals surface area (Å²) in [6.45, 7) is 8.94. The smallest absolute Gasteiger partial charge is 0.0135 e. The summed E-state index contributed by atoms with van der Waals surface area (Å²) in [4.78, 5) is 0. The fourth-order valence-corrected chi connectivity index (χ4v) is 2.07. The Morgan fingerprint density at radius 1 is 1.45 bits per heavy atom. The summed E-state index contributed by atoms with van der Waals surface area (Å²) >= 11 is 3.46. The Morgan fingerprint density at radius 3 is 2.36 bits per heavy atom. The number of alkyl halides is 1. The van der Waals surface area contributed by atoms with Crippen LogP contribution in [0.15, 0.2) is 0 Å². The molecule has 0 fully saturated rings. The van der Waals surface area contributed by atoms with E-state index in [1.54, 1.807) is 0 Å². The van der Waals surface area contributed by atoms with Gasteiger partial charge in [-0.3, -0.25) is 0 Å². The van der Waals surface area contributed by atoms with E-state index in [9.17, 15) is 0 Å². The lowest BCUT2D eigenvalue weighted by Crippen LogP contribution is -2.44. The summed E-state index contributed by atoms with van der Waals surface area (Å²) in [5.41, 5.74) is 0.277. The van der Waals surface area contributed by atoms with Crippen molar-refractivity contribution < 1.29 is 0 Å². The van der Waals surface area contributed by atoms with Crippen LogP contribution in [-0.4, -0.2) is 16.9 Å². The lowest BCUT2D eigenvalue weighted by atomic mass is 10.0. The lowest BCUT2D eigenvalue weighted by molar-refractivity contribution is 0.332. The molecule has 0 aliphatic carbocycles. The van der Waals surface area contributed by atoms with Crippen LogP contribution in [0.25, 0.3) is 0 Å². The quantitative estimate of drug-likeness (QED) is 0.705. The molecule has 0 bridgehead atoms. The van der Waals surface area contributed by atoms with Crippen LogP contribution in [0.2, 0.25) is 0 Å². The van der Waals surface area contributed by atoms with Gasteiger partial charge in [0.25, 0.3) is 0 Å². The van der Waals surface area contributed by atoms with Gasteiger partial charge in [0.15, 0.2) is 0 Å². The topological polar surface area (TPSA) is 12.0 Å². The Bertz CT molecular complexity index is 102. The van der Waals surface area contributed by atoms with E-state index in [1.807, 2.05) is 0 Å². The number of rotatable bonds is 5. The van der Waals surface area contributed by atoms with Crippen molar-refractivity contribution in [3.8, 4) is 0 Å². The molecule has 0 rings (SSSR count). The zero-order chi connectivity index (χ0) is 8.91. The zero-order valence-corrected chi connectivity index (χ0v) is 9.66. The van der Waals surface area contributed by atoms with Gasteiger partial charge in [-0.05, 0) is 33.6 Å². The first-order valence-corrected chi connectivity index (χ1v) is 5.47. The molecule has 0 aliphatic heterocycles. The third-order valence-corrected chi connectivity index (χ3v) is 2.37. The van der Waals surface area contributed by atoms with Crippen LogP contribution in [0.1, 0.15) is 40.5 Å². The summed E-state index contributed by atoms with van der Waals surface area (Å²) < 4.78 is 0. The van der Waals surface area contributed by atoms with Crippen molar-refractivity contribution in [3.63, 3.8) is 0 Å². The average Bonchev–Trinajstić information content (AvgIpc) is 1.86. The molecule has 0 aromatic heterocycles. The predicted octanol–water partition coefficient (Wildman–Crippen LogP) is 2.94. The Labute approximate surface area is 79.1 Å². The number of hydrogen-bond acceptors (Lipinski definition) is 1. The second-order valence-corrected chi connectivity index (χ2v) is 4.57. The van der Waals surface area contributed by atoms with Gasteiger partial charge in [-0.15, -0.1) is 0 Å². The van der Waals surface area contributed by atoms with Gasteiger partial charge in [0.1, 0.15) is 0 Å². The highest BCUT2D eigenvalue weighted by molar-refractivity contribution is 9.09. The molecule has 0 aromatic rings. The van der Waals surface area contributed by atoms with Gasteiger partial charge in [-0.25, -0.2) is 0 Å². The molecule has 0 aromatic carbocycles. The van der Waals surface area contributed by atoms with Gasteiger partial charge in [-0.1, -0.05) is 22.9 Å². The largest absolute Gasteiger partial charge is 0.309 e. The minimum Gasteiger partial charge on any atom is -0.309 e. The van der Waals surface area contributed by atoms with E-state index in [-0.39, 0.29) is 5.54 Å². The van der Waals surface area contributed by atoms with E-state index >= 15 is 0 Å². The molecule has 0 saturated heterocycles. The summed E-state index contributed by atoms with van der Waals surface area (Å²) in [7, 11) is 0. The third-order valence-electron chi connectivity index (χ3n) is 1.97. The van der Waals surface area contributed by atoms with Gasteiger partial charge in [0.05, 0.1) is 0 Å². The summed E-state index contributed by atoms with van der Waals surface area (Å²) in [5, 5.41) is 4.65. The molecule has 11 heavy (non-hydrogen) atoms.